The Morgan fingerprint density at radius 2 is 1.85 bits per heavy atom. The molecule has 208 valence electrons. The standard InChI is InChI=1S/C29H38N6O3S/c1-20-19-34(2)33-25(20)8-5-21-3-6-23(7-4-21)38-24-9-14-35(15-10-24)29-31-26-13-18-39(36)27(26)28(32-29)30-22-11-16-37-17-12-22/h3-4,6-7,19,22,24H,5,8-18H2,1-2H3,(H,30,31,32). The summed E-state index contributed by atoms with van der Waals surface area (Å²) < 4.78 is 26.4. The van der Waals surface area contributed by atoms with E-state index in [9.17, 15) is 4.55 Å². The van der Waals surface area contributed by atoms with Crippen LogP contribution in [-0.2, 0) is 42.2 Å². The van der Waals surface area contributed by atoms with Crippen molar-refractivity contribution in [2.45, 2.75) is 68.9 Å². The van der Waals surface area contributed by atoms with Gasteiger partial charge in [-0.25, -0.2) is 4.98 Å². The number of hydrogen-bond acceptors (Lipinski definition) is 8. The first-order chi connectivity index (χ1) is 19.0. The van der Waals surface area contributed by atoms with Gasteiger partial charge in [0.25, 0.3) is 0 Å². The summed E-state index contributed by atoms with van der Waals surface area (Å²) in [6.45, 7) is 5.30. The van der Waals surface area contributed by atoms with Gasteiger partial charge < -0.3 is 24.2 Å². The fourth-order valence-corrected chi connectivity index (χ4v) is 7.04. The molecule has 0 spiro atoms. The number of ether oxygens (including phenoxy) is 2. The molecule has 0 amide bonds. The first kappa shape index (κ1) is 26.4. The topological polar surface area (TPSA) is 100 Å². The molecule has 0 bridgehead atoms. The zero-order chi connectivity index (χ0) is 26.8. The van der Waals surface area contributed by atoms with E-state index in [1.807, 2.05) is 11.7 Å². The molecule has 1 atom stereocenters. The molecule has 9 nitrogen and oxygen atoms in total. The van der Waals surface area contributed by atoms with Crippen molar-refractivity contribution in [1.29, 1.82) is 0 Å². The van der Waals surface area contributed by atoms with E-state index in [1.54, 1.807) is 0 Å². The molecule has 1 aromatic carbocycles. The number of fused-ring (bicyclic) bond motifs is 1. The van der Waals surface area contributed by atoms with E-state index in [0.717, 1.165) is 105 Å². The molecule has 6 rings (SSSR count). The molecule has 2 aromatic heterocycles. The fourth-order valence-electron chi connectivity index (χ4n) is 5.72. The molecule has 3 aliphatic heterocycles. The van der Waals surface area contributed by atoms with Crippen molar-refractivity contribution in [3.63, 3.8) is 0 Å². The largest absolute Gasteiger partial charge is 0.611 e. The number of rotatable bonds is 8. The van der Waals surface area contributed by atoms with Crippen LogP contribution in [0.1, 0.15) is 48.2 Å². The Morgan fingerprint density at radius 3 is 2.56 bits per heavy atom. The van der Waals surface area contributed by atoms with Crippen LogP contribution < -0.4 is 15.0 Å². The third kappa shape index (κ3) is 6.18. The molecule has 39 heavy (non-hydrogen) atoms. The monoisotopic (exact) mass is 550 g/mol. The molecule has 3 aliphatic rings. The molecule has 0 radical (unpaired) electrons. The Balaban J connectivity index is 1.04. The van der Waals surface area contributed by atoms with Crippen LogP contribution in [0.25, 0.3) is 0 Å². The summed E-state index contributed by atoms with van der Waals surface area (Å²) in [5.41, 5.74) is 4.64. The average Bonchev–Trinajstić information content (AvgIpc) is 3.49. The Labute approximate surface area is 233 Å². The van der Waals surface area contributed by atoms with Gasteiger partial charge in [0.1, 0.15) is 23.3 Å². The minimum absolute atomic E-state index is 0.171. The molecule has 10 heteroatoms. The Morgan fingerprint density at radius 1 is 1.08 bits per heavy atom. The highest BCUT2D eigenvalue weighted by Crippen LogP contribution is 2.34. The van der Waals surface area contributed by atoms with E-state index in [-0.39, 0.29) is 6.10 Å². The molecular formula is C29H38N6O3S. The lowest BCUT2D eigenvalue weighted by Crippen LogP contribution is -2.39. The number of hydrogen-bond donors (Lipinski definition) is 1. The summed E-state index contributed by atoms with van der Waals surface area (Å²) in [6.07, 6.45) is 8.60. The van der Waals surface area contributed by atoms with E-state index in [2.05, 4.69) is 52.7 Å². The third-order valence-corrected chi connectivity index (χ3v) is 9.41. The van der Waals surface area contributed by atoms with Gasteiger partial charge in [-0.1, -0.05) is 12.1 Å². The van der Waals surface area contributed by atoms with Crippen LogP contribution in [-0.4, -0.2) is 68.5 Å². The number of aromatic nitrogens is 4. The summed E-state index contributed by atoms with van der Waals surface area (Å²) in [5, 5.41) is 8.14. The van der Waals surface area contributed by atoms with Crippen molar-refractivity contribution in [1.82, 2.24) is 19.7 Å². The molecule has 5 heterocycles. The molecule has 1 N–H and O–H groups in total. The highest BCUT2D eigenvalue weighted by molar-refractivity contribution is 7.91. The zero-order valence-electron chi connectivity index (χ0n) is 22.9. The summed E-state index contributed by atoms with van der Waals surface area (Å²) in [7, 11) is 1.97. The quantitative estimate of drug-likeness (QED) is 0.425. The predicted molar refractivity (Wildman–Crippen MR) is 152 cm³/mol. The maximum Gasteiger partial charge on any atom is 0.227 e. The minimum atomic E-state index is -1.03. The molecule has 2 saturated heterocycles. The molecule has 0 aliphatic carbocycles. The Kier molecular flexibility index (Phi) is 7.95. The molecular weight excluding hydrogens is 512 g/mol. The third-order valence-electron chi connectivity index (χ3n) is 7.95. The average molecular weight is 551 g/mol. The number of benzene rings is 1. The van der Waals surface area contributed by atoms with Gasteiger partial charge in [-0.2, -0.15) is 10.1 Å². The van der Waals surface area contributed by atoms with Crippen molar-refractivity contribution in [2.24, 2.45) is 7.05 Å². The smallest absolute Gasteiger partial charge is 0.227 e. The normalized spacial score (nSPS) is 20.3. The van der Waals surface area contributed by atoms with E-state index in [4.69, 9.17) is 19.4 Å². The molecule has 0 saturated carbocycles. The van der Waals surface area contributed by atoms with Crippen molar-refractivity contribution < 1.29 is 14.0 Å². The second-order valence-electron chi connectivity index (χ2n) is 10.9. The lowest BCUT2D eigenvalue weighted by Gasteiger charge is -2.32. The Hall–Kier alpha value is -2.82. The number of aryl methyl sites for hydroxylation is 5. The van der Waals surface area contributed by atoms with Crippen LogP contribution in [0.15, 0.2) is 35.4 Å². The lowest BCUT2D eigenvalue weighted by atomic mass is 10.1. The fraction of sp³-hybridized carbons (Fsp3) is 0.552. The summed E-state index contributed by atoms with van der Waals surface area (Å²) >= 11 is -1.03. The number of piperidine rings is 1. The number of nitrogens with zero attached hydrogens (tertiary/aromatic N) is 5. The van der Waals surface area contributed by atoms with Gasteiger partial charge >= 0.3 is 0 Å². The van der Waals surface area contributed by atoms with Crippen LogP contribution in [0, 0.1) is 6.92 Å². The van der Waals surface area contributed by atoms with Crippen molar-refractivity contribution in [2.75, 3.05) is 42.3 Å². The maximum absolute atomic E-state index is 12.7. The van der Waals surface area contributed by atoms with Crippen LogP contribution in [0.2, 0.25) is 0 Å². The minimum Gasteiger partial charge on any atom is -0.611 e. The SMILES string of the molecule is Cc1cn(C)nc1CCc1ccc(OC2CCN(c3nc4c(c(NC5CCOCC5)n3)[S+]([O-])CC4)CC2)cc1. The zero-order valence-corrected chi connectivity index (χ0v) is 23.7. The van der Waals surface area contributed by atoms with Crippen LogP contribution >= 0.6 is 0 Å². The van der Waals surface area contributed by atoms with Gasteiger partial charge in [0.15, 0.2) is 5.82 Å². The van der Waals surface area contributed by atoms with Gasteiger partial charge in [-0.05, 0) is 67.0 Å². The summed E-state index contributed by atoms with van der Waals surface area (Å²) in [4.78, 5) is 12.8. The van der Waals surface area contributed by atoms with Crippen molar-refractivity contribution in [3.05, 3.63) is 53.0 Å². The van der Waals surface area contributed by atoms with Crippen molar-refractivity contribution in [3.8, 4) is 5.75 Å². The summed E-state index contributed by atoms with van der Waals surface area (Å²) in [5.74, 6) is 3.06. The van der Waals surface area contributed by atoms with Crippen molar-refractivity contribution >= 4 is 22.9 Å². The predicted octanol–water partition coefficient (Wildman–Crippen LogP) is 3.61. The maximum atomic E-state index is 12.7. The van der Waals surface area contributed by atoms with Crippen LogP contribution in [0.5, 0.6) is 5.75 Å². The van der Waals surface area contributed by atoms with E-state index >= 15 is 0 Å². The summed E-state index contributed by atoms with van der Waals surface area (Å²) in [6, 6.07) is 8.80. The van der Waals surface area contributed by atoms with Gasteiger partial charge in [0.05, 0.1) is 5.69 Å². The highest BCUT2D eigenvalue weighted by Gasteiger charge is 2.34. The van der Waals surface area contributed by atoms with E-state index in [0.29, 0.717) is 11.8 Å². The first-order valence-corrected chi connectivity index (χ1v) is 15.5. The van der Waals surface area contributed by atoms with Crippen LogP contribution in [0.4, 0.5) is 11.8 Å². The molecule has 3 aromatic rings. The van der Waals surface area contributed by atoms with Gasteiger partial charge in [0.2, 0.25) is 10.8 Å². The van der Waals surface area contributed by atoms with Gasteiger partial charge in [-0.15, -0.1) is 0 Å². The van der Waals surface area contributed by atoms with Gasteiger partial charge in [-0.3, -0.25) is 4.68 Å². The first-order valence-electron chi connectivity index (χ1n) is 14.1. The van der Waals surface area contributed by atoms with E-state index in [1.165, 1.54) is 11.1 Å². The second-order valence-corrected chi connectivity index (χ2v) is 12.4. The molecule has 2 fully saturated rings. The van der Waals surface area contributed by atoms with E-state index < -0.39 is 11.2 Å². The lowest BCUT2D eigenvalue weighted by molar-refractivity contribution is 0.0903. The van der Waals surface area contributed by atoms with Gasteiger partial charge in [0, 0.05) is 64.9 Å². The number of anilines is 2. The highest BCUT2D eigenvalue weighted by atomic mass is 32.2. The second kappa shape index (κ2) is 11.7. The van der Waals surface area contributed by atoms with Crippen LogP contribution in [0.3, 0.4) is 0 Å². The molecule has 1 unspecified atom stereocenters. The Bertz CT molecular complexity index is 1270. The number of nitrogens with one attached hydrogen (secondary N) is 1.